The molecule has 21 heavy (non-hydrogen) atoms. The highest BCUT2D eigenvalue weighted by atomic mass is 16.5. The molecule has 0 bridgehead atoms. The number of carbonyl (C=O) groups excluding carboxylic acids is 1. The lowest BCUT2D eigenvalue weighted by molar-refractivity contribution is -0.127. The molecule has 6 heteroatoms. The number of fused-ring (bicyclic) bond motifs is 1. The zero-order valence-corrected chi connectivity index (χ0v) is 12.0. The first kappa shape index (κ1) is 13.5. The first-order valence-corrected chi connectivity index (χ1v) is 6.84. The number of aromatic nitrogens is 1. The van der Waals surface area contributed by atoms with Gasteiger partial charge in [-0.25, -0.2) is 0 Å². The van der Waals surface area contributed by atoms with Gasteiger partial charge in [0.25, 0.3) is 5.91 Å². The van der Waals surface area contributed by atoms with Crippen LogP contribution in [0.15, 0.2) is 28.8 Å². The quantitative estimate of drug-likeness (QED) is 0.900. The molecule has 0 saturated heterocycles. The molecule has 2 heterocycles. The number of benzene rings is 1. The van der Waals surface area contributed by atoms with Gasteiger partial charge >= 0.3 is 0 Å². The molecule has 0 aliphatic carbocycles. The Labute approximate surface area is 122 Å². The zero-order valence-electron chi connectivity index (χ0n) is 12.0. The summed E-state index contributed by atoms with van der Waals surface area (Å²) in [5, 5.41) is 9.92. The van der Waals surface area contributed by atoms with Crippen LogP contribution in [-0.4, -0.2) is 23.7 Å². The molecule has 1 aromatic carbocycles. The maximum Gasteiger partial charge on any atom is 0.263 e. The first-order valence-electron chi connectivity index (χ1n) is 6.84. The fraction of sp³-hybridized carbons (Fsp3) is 0.333. The molecular weight excluding hydrogens is 270 g/mol. The van der Waals surface area contributed by atoms with Crippen molar-refractivity contribution in [1.29, 1.82) is 0 Å². The third kappa shape index (κ3) is 2.69. The summed E-state index contributed by atoms with van der Waals surface area (Å²) in [6, 6.07) is 7.57. The number of amides is 1. The molecule has 1 aliphatic rings. The highest BCUT2D eigenvalue weighted by Crippen LogP contribution is 2.28. The van der Waals surface area contributed by atoms with Gasteiger partial charge < -0.3 is 19.9 Å². The zero-order chi connectivity index (χ0) is 14.8. The van der Waals surface area contributed by atoms with Crippen molar-refractivity contribution >= 4 is 11.6 Å². The van der Waals surface area contributed by atoms with Crippen LogP contribution in [0.25, 0.3) is 0 Å². The van der Waals surface area contributed by atoms with Gasteiger partial charge in [0.2, 0.25) is 0 Å². The topological polar surface area (TPSA) is 76.4 Å². The van der Waals surface area contributed by atoms with E-state index in [1.54, 1.807) is 0 Å². The number of anilines is 1. The summed E-state index contributed by atoms with van der Waals surface area (Å²) in [7, 11) is 0. The standard InChI is InChI=1S/C15H17N3O3/c1-9-11(10(2)21-18-9)7-17-15(19)14-8-16-12-5-3-4-6-13(12)20-14/h3-6,14,16H,7-8H2,1-2H3,(H,17,19). The van der Waals surface area contributed by atoms with E-state index in [2.05, 4.69) is 15.8 Å². The van der Waals surface area contributed by atoms with Crippen molar-refractivity contribution in [1.82, 2.24) is 10.5 Å². The first-order chi connectivity index (χ1) is 10.1. The molecule has 6 nitrogen and oxygen atoms in total. The van der Waals surface area contributed by atoms with E-state index in [0.717, 1.165) is 22.7 Å². The molecule has 1 atom stereocenters. The maximum atomic E-state index is 12.2. The number of aryl methyl sites for hydroxylation is 2. The Morgan fingerprint density at radius 2 is 2.24 bits per heavy atom. The molecule has 0 spiro atoms. The smallest absolute Gasteiger partial charge is 0.263 e. The van der Waals surface area contributed by atoms with Crippen molar-refractivity contribution in [3.05, 3.63) is 41.3 Å². The van der Waals surface area contributed by atoms with E-state index < -0.39 is 6.10 Å². The van der Waals surface area contributed by atoms with Crippen molar-refractivity contribution < 1.29 is 14.1 Å². The van der Waals surface area contributed by atoms with Crippen LogP contribution in [0, 0.1) is 13.8 Å². The Balaban J connectivity index is 1.62. The van der Waals surface area contributed by atoms with Gasteiger partial charge in [-0.05, 0) is 26.0 Å². The number of nitrogens with zero attached hydrogens (tertiary/aromatic N) is 1. The van der Waals surface area contributed by atoms with E-state index in [4.69, 9.17) is 9.26 Å². The Kier molecular flexibility index (Phi) is 3.51. The minimum absolute atomic E-state index is 0.156. The lowest BCUT2D eigenvalue weighted by Crippen LogP contribution is -2.44. The van der Waals surface area contributed by atoms with Gasteiger partial charge in [0.1, 0.15) is 11.5 Å². The second-order valence-corrected chi connectivity index (χ2v) is 5.00. The van der Waals surface area contributed by atoms with Crippen molar-refractivity contribution in [2.24, 2.45) is 0 Å². The lowest BCUT2D eigenvalue weighted by atomic mass is 10.2. The van der Waals surface area contributed by atoms with Gasteiger partial charge in [-0.2, -0.15) is 0 Å². The molecule has 3 rings (SSSR count). The summed E-state index contributed by atoms with van der Waals surface area (Å²) in [4.78, 5) is 12.2. The average molecular weight is 287 g/mol. The van der Waals surface area contributed by atoms with Gasteiger partial charge in [0.15, 0.2) is 6.10 Å². The number of ether oxygens (including phenoxy) is 1. The van der Waals surface area contributed by atoms with Crippen LogP contribution < -0.4 is 15.4 Å². The number of hydrogen-bond acceptors (Lipinski definition) is 5. The van der Waals surface area contributed by atoms with Crippen LogP contribution in [-0.2, 0) is 11.3 Å². The van der Waals surface area contributed by atoms with Gasteiger partial charge in [0, 0.05) is 12.1 Å². The normalized spacial score (nSPS) is 16.6. The van der Waals surface area contributed by atoms with E-state index >= 15 is 0 Å². The molecule has 1 unspecified atom stereocenters. The van der Waals surface area contributed by atoms with Crippen LogP contribution in [0.2, 0.25) is 0 Å². The average Bonchev–Trinajstić information content (AvgIpc) is 2.83. The number of hydrogen-bond donors (Lipinski definition) is 2. The second kappa shape index (κ2) is 5.47. The molecular formula is C15H17N3O3. The van der Waals surface area contributed by atoms with Crippen LogP contribution >= 0.6 is 0 Å². The van der Waals surface area contributed by atoms with Gasteiger partial charge in [0.05, 0.1) is 17.9 Å². The molecule has 1 amide bonds. The monoisotopic (exact) mass is 287 g/mol. The minimum atomic E-state index is -0.541. The second-order valence-electron chi connectivity index (χ2n) is 5.00. The molecule has 2 aromatic rings. The van der Waals surface area contributed by atoms with Crippen molar-refractivity contribution in [3.8, 4) is 5.75 Å². The van der Waals surface area contributed by atoms with E-state index in [-0.39, 0.29) is 5.91 Å². The molecule has 1 aliphatic heterocycles. The number of nitrogens with one attached hydrogen (secondary N) is 2. The summed E-state index contributed by atoms with van der Waals surface area (Å²) in [6.45, 7) is 4.52. The summed E-state index contributed by atoms with van der Waals surface area (Å²) < 4.78 is 10.8. The molecule has 110 valence electrons. The highest BCUT2D eigenvalue weighted by molar-refractivity contribution is 5.83. The molecule has 0 radical (unpaired) electrons. The van der Waals surface area contributed by atoms with Crippen LogP contribution in [0.3, 0.4) is 0 Å². The fourth-order valence-corrected chi connectivity index (χ4v) is 2.30. The van der Waals surface area contributed by atoms with E-state index in [9.17, 15) is 4.79 Å². The predicted octanol–water partition coefficient (Wildman–Crippen LogP) is 1.78. The van der Waals surface area contributed by atoms with Gasteiger partial charge in [-0.3, -0.25) is 4.79 Å². The van der Waals surface area contributed by atoms with E-state index in [1.165, 1.54) is 0 Å². The van der Waals surface area contributed by atoms with Crippen LogP contribution in [0.1, 0.15) is 17.0 Å². The predicted molar refractivity (Wildman–Crippen MR) is 77.2 cm³/mol. The Bertz CT molecular complexity index is 646. The van der Waals surface area contributed by atoms with Crippen molar-refractivity contribution in [3.63, 3.8) is 0 Å². The fourth-order valence-electron chi connectivity index (χ4n) is 2.30. The molecule has 1 aromatic heterocycles. The summed E-state index contributed by atoms with van der Waals surface area (Å²) in [5.74, 6) is 1.26. The SMILES string of the molecule is Cc1noc(C)c1CNC(=O)C1CNc2ccccc2O1. The molecule has 0 fully saturated rings. The molecule has 2 N–H and O–H groups in total. The van der Waals surface area contributed by atoms with Gasteiger partial charge in [-0.1, -0.05) is 17.3 Å². The minimum Gasteiger partial charge on any atom is -0.477 e. The third-order valence-electron chi connectivity index (χ3n) is 3.55. The van der Waals surface area contributed by atoms with E-state index in [0.29, 0.717) is 18.8 Å². The van der Waals surface area contributed by atoms with Crippen LogP contribution in [0.4, 0.5) is 5.69 Å². The maximum absolute atomic E-state index is 12.2. The molecule has 0 saturated carbocycles. The number of carbonyl (C=O) groups is 1. The largest absolute Gasteiger partial charge is 0.477 e. The third-order valence-corrected chi connectivity index (χ3v) is 3.55. The number of para-hydroxylation sites is 2. The lowest BCUT2D eigenvalue weighted by Gasteiger charge is -2.26. The Morgan fingerprint density at radius 1 is 1.43 bits per heavy atom. The summed E-state index contributed by atoms with van der Waals surface area (Å²) >= 11 is 0. The summed E-state index contributed by atoms with van der Waals surface area (Å²) in [6.07, 6.45) is -0.541. The van der Waals surface area contributed by atoms with Crippen molar-refractivity contribution in [2.75, 3.05) is 11.9 Å². The Morgan fingerprint density at radius 3 is 3.00 bits per heavy atom. The number of rotatable bonds is 3. The Hall–Kier alpha value is -2.50. The van der Waals surface area contributed by atoms with Gasteiger partial charge in [-0.15, -0.1) is 0 Å². The van der Waals surface area contributed by atoms with E-state index in [1.807, 2.05) is 38.1 Å². The highest BCUT2D eigenvalue weighted by Gasteiger charge is 2.25. The summed E-state index contributed by atoms with van der Waals surface area (Å²) in [5.41, 5.74) is 2.61. The van der Waals surface area contributed by atoms with Crippen LogP contribution in [0.5, 0.6) is 5.75 Å². The van der Waals surface area contributed by atoms with Crippen molar-refractivity contribution in [2.45, 2.75) is 26.5 Å².